The lowest BCUT2D eigenvalue weighted by atomic mass is 9.75. The van der Waals surface area contributed by atoms with E-state index in [0.717, 1.165) is 25.7 Å². The van der Waals surface area contributed by atoms with E-state index in [1.807, 2.05) is 0 Å². The van der Waals surface area contributed by atoms with E-state index < -0.39 is 0 Å². The fourth-order valence-corrected chi connectivity index (χ4v) is 2.57. The summed E-state index contributed by atoms with van der Waals surface area (Å²) in [6.45, 7) is 1.40. The summed E-state index contributed by atoms with van der Waals surface area (Å²) >= 11 is 0. The van der Waals surface area contributed by atoms with Crippen LogP contribution in [0.1, 0.15) is 25.7 Å². The molecular weight excluding hydrogens is 331 g/mol. The van der Waals surface area contributed by atoms with Crippen molar-refractivity contribution in [2.75, 3.05) is 27.3 Å². The minimum Gasteiger partial charge on any atom is -0.469 e. The maximum Gasteiger partial charge on any atom is 0.308 e. The van der Waals surface area contributed by atoms with Crippen molar-refractivity contribution >= 4 is 36.8 Å². The highest BCUT2D eigenvalue weighted by molar-refractivity contribution is 5.85. The van der Waals surface area contributed by atoms with Crippen molar-refractivity contribution in [2.24, 2.45) is 35.1 Å². The molecule has 4 N–H and O–H groups in total. The number of hydrogen-bond donors (Lipinski definition) is 2. The van der Waals surface area contributed by atoms with Gasteiger partial charge in [-0.05, 0) is 50.6 Å². The van der Waals surface area contributed by atoms with Gasteiger partial charge < -0.3 is 20.9 Å². The lowest BCUT2D eigenvalue weighted by molar-refractivity contribution is -0.150. The molecule has 0 atom stereocenters. The predicted octanol–water partition coefficient (Wildman–Crippen LogP) is 1.13. The highest BCUT2D eigenvalue weighted by atomic mass is 35.5. The van der Waals surface area contributed by atoms with Crippen molar-refractivity contribution in [3.8, 4) is 0 Å². The summed E-state index contributed by atoms with van der Waals surface area (Å²) in [6.07, 6.45) is 3.68. The minimum atomic E-state index is -0.0790. The molecule has 0 aliphatic heterocycles. The number of carbonyl (C=O) groups excluding carboxylic acids is 2. The molecule has 2 aliphatic carbocycles. The van der Waals surface area contributed by atoms with Gasteiger partial charge in [-0.1, -0.05) is 0 Å². The van der Waals surface area contributed by atoms with Gasteiger partial charge in [0.05, 0.1) is 26.1 Å². The van der Waals surface area contributed by atoms with Crippen LogP contribution in [0.3, 0.4) is 0 Å². The van der Waals surface area contributed by atoms with E-state index in [9.17, 15) is 9.59 Å². The number of methoxy groups -OCH3 is 2. The minimum absolute atomic E-state index is 0. The average molecular weight is 359 g/mol. The van der Waals surface area contributed by atoms with Crippen LogP contribution in [-0.4, -0.2) is 39.2 Å². The summed E-state index contributed by atoms with van der Waals surface area (Å²) in [7, 11) is 2.86. The molecule has 0 amide bonds. The Hall–Kier alpha value is -0.560. The van der Waals surface area contributed by atoms with Gasteiger partial charge in [-0.15, -0.1) is 24.8 Å². The molecule has 0 bridgehead atoms. The Kier molecular flexibility index (Phi) is 12.9. The fourth-order valence-electron chi connectivity index (χ4n) is 2.57. The molecule has 132 valence electrons. The van der Waals surface area contributed by atoms with Crippen LogP contribution in [-0.2, 0) is 19.1 Å². The van der Waals surface area contributed by atoms with Gasteiger partial charge in [0, 0.05) is 0 Å². The predicted molar refractivity (Wildman–Crippen MR) is 89.1 cm³/mol. The van der Waals surface area contributed by atoms with E-state index in [1.54, 1.807) is 0 Å². The van der Waals surface area contributed by atoms with Gasteiger partial charge in [0.15, 0.2) is 0 Å². The lowest BCUT2D eigenvalue weighted by Gasteiger charge is -2.31. The molecule has 0 aromatic heterocycles. The van der Waals surface area contributed by atoms with E-state index in [4.69, 9.17) is 11.5 Å². The molecule has 2 aliphatic rings. The molecule has 0 saturated heterocycles. The zero-order valence-electron chi connectivity index (χ0n) is 13.2. The topological polar surface area (TPSA) is 105 Å². The smallest absolute Gasteiger partial charge is 0.308 e. The molecule has 22 heavy (non-hydrogen) atoms. The summed E-state index contributed by atoms with van der Waals surface area (Å²) in [4.78, 5) is 21.6. The molecule has 2 saturated carbocycles. The third-order valence-corrected chi connectivity index (χ3v) is 4.21. The van der Waals surface area contributed by atoms with Crippen LogP contribution in [0.4, 0.5) is 0 Å². The van der Waals surface area contributed by atoms with Crippen molar-refractivity contribution in [3.05, 3.63) is 0 Å². The van der Waals surface area contributed by atoms with Crippen molar-refractivity contribution in [1.29, 1.82) is 0 Å². The summed E-state index contributed by atoms with van der Waals surface area (Å²) in [5, 5.41) is 0. The highest BCUT2D eigenvalue weighted by Crippen LogP contribution is 2.33. The van der Waals surface area contributed by atoms with Gasteiger partial charge in [-0.3, -0.25) is 9.59 Å². The van der Waals surface area contributed by atoms with Gasteiger partial charge >= 0.3 is 11.9 Å². The lowest BCUT2D eigenvalue weighted by Crippen LogP contribution is -2.35. The summed E-state index contributed by atoms with van der Waals surface area (Å²) in [5.74, 6) is 1.24. The molecule has 2 rings (SSSR count). The second-order valence-corrected chi connectivity index (χ2v) is 5.59. The molecule has 0 unspecified atom stereocenters. The van der Waals surface area contributed by atoms with E-state index in [0.29, 0.717) is 24.9 Å². The zero-order chi connectivity index (χ0) is 15.1. The van der Waals surface area contributed by atoms with Crippen LogP contribution in [0.2, 0.25) is 0 Å². The Labute approximate surface area is 144 Å². The maximum absolute atomic E-state index is 10.8. The normalized spacial score (nSPS) is 28.2. The Morgan fingerprint density at radius 3 is 1.27 bits per heavy atom. The van der Waals surface area contributed by atoms with Gasteiger partial charge in [0.1, 0.15) is 0 Å². The first kappa shape index (κ1) is 23.7. The Morgan fingerprint density at radius 2 is 1.09 bits per heavy atom. The number of hydrogen-bond acceptors (Lipinski definition) is 6. The third kappa shape index (κ3) is 6.69. The van der Waals surface area contributed by atoms with Gasteiger partial charge in [-0.25, -0.2) is 0 Å². The summed E-state index contributed by atoms with van der Waals surface area (Å²) in [6, 6.07) is 0. The molecule has 0 heterocycles. The Balaban J connectivity index is 0. The molecule has 0 radical (unpaired) electrons. The van der Waals surface area contributed by atoms with Crippen LogP contribution in [0.25, 0.3) is 0 Å². The molecule has 6 nitrogen and oxygen atoms in total. The van der Waals surface area contributed by atoms with Crippen molar-refractivity contribution in [1.82, 2.24) is 0 Å². The number of nitrogens with two attached hydrogens (primary N) is 2. The molecule has 0 spiro atoms. The first-order valence-electron chi connectivity index (χ1n) is 7.11. The van der Waals surface area contributed by atoms with Gasteiger partial charge in [0.25, 0.3) is 0 Å². The summed E-state index contributed by atoms with van der Waals surface area (Å²) < 4.78 is 9.13. The SMILES string of the molecule is COC(=O)C1CC(CN)C1.COC(=O)C1CC(CN)C1.Cl.Cl. The van der Waals surface area contributed by atoms with Crippen molar-refractivity contribution < 1.29 is 19.1 Å². The maximum atomic E-state index is 10.8. The van der Waals surface area contributed by atoms with Crippen LogP contribution < -0.4 is 11.5 Å². The van der Waals surface area contributed by atoms with E-state index >= 15 is 0 Å². The number of ether oxygens (including phenoxy) is 2. The third-order valence-electron chi connectivity index (χ3n) is 4.21. The molecular formula is C14H28Cl2N2O4. The van der Waals surface area contributed by atoms with E-state index in [-0.39, 0.29) is 48.6 Å². The molecule has 8 heteroatoms. The first-order chi connectivity index (χ1) is 9.55. The highest BCUT2D eigenvalue weighted by Gasteiger charge is 2.34. The summed E-state index contributed by atoms with van der Waals surface area (Å²) in [5.41, 5.74) is 10.8. The largest absolute Gasteiger partial charge is 0.469 e. The molecule has 0 aromatic rings. The quantitative estimate of drug-likeness (QED) is 0.729. The Morgan fingerprint density at radius 1 is 0.818 bits per heavy atom. The second-order valence-electron chi connectivity index (χ2n) is 5.59. The fraction of sp³-hybridized carbons (Fsp3) is 0.857. The van der Waals surface area contributed by atoms with Crippen LogP contribution in [0.5, 0.6) is 0 Å². The first-order valence-corrected chi connectivity index (χ1v) is 7.11. The van der Waals surface area contributed by atoms with E-state index in [1.165, 1.54) is 14.2 Å². The van der Waals surface area contributed by atoms with Gasteiger partial charge in [-0.2, -0.15) is 0 Å². The molecule has 0 aromatic carbocycles. The van der Waals surface area contributed by atoms with Crippen molar-refractivity contribution in [3.63, 3.8) is 0 Å². The zero-order valence-corrected chi connectivity index (χ0v) is 14.8. The standard InChI is InChI=1S/2C7H13NO2.2ClH/c2*1-10-7(9)6-2-5(3-6)4-8;;/h2*5-6H,2-4,8H2,1H3;2*1H. The Bertz CT molecular complexity index is 301. The van der Waals surface area contributed by atoms with Crippen molar-refractivity contribution in [2.45, 2.75) is 25.7 Å². The average Bonchev–Trinajstić information content (AvgIpc) is 2.36. The van der Waals surface area contributed by atoms with E-state index in [2.05, 4.69) is 9.47 Å². The van der Waals surface area contributed by atoms with Crippen LogP contribution in [0, 0.1) is 23.7 Å². The number of halogens is 2. The van der Waals surface area contributed by atoms with Crippen LogP contribution >= 0.6 is 24.8 Å². The number of carbonyl (C=O) groups is 2. The monoisotopic (exact) mass is 358 g/mol. The van der Waals surface area contributed by atoms with Crippen LogP contribution in [0.15, 0.2) is 0 Å². The number of esters is 2. The van der Waals surface area contributed by atoms with Gasteiger partial charge in [0.2, 0.25) is 0 Å². The molecule has 2 fully saturated rings. The number of rotatable bonds is 4. The second kappa shape index (κ2) is 11.9.